The maximum absolute atomic E-state index is 11.8. The summed E-state index contributed by atoms with van der Waals surface area (Å²) in [5.41, 5.74) is 0.880. The van der Waals surface area contributed by atoms with Crippen LogP contribution in [0.1, 0.15) is 19.3 Å². The number of rotatable bonds is 7. The maximum Gasteiger partial charge on any atom is 0.275 e. The Hall–Kier alpha value is -2.15. The van der Waals surface area contributed by atoms with Gasteiger partial charge in [-0.2, -0.15) is 0 Å². The lowest BCUT2D eigenvalue weighted by molar-refractivity contribution is -0.896. The van der Waals surface area contributed by atoms with E-state index in [1.54, 1.807) is 12.1 Å². The predicted molar refractivity (Wildman–Crippen MR) is 84.0 cm³/mol. The van der Waals surface area contributed by atoms with Crippen molar-refractivity contribution >= 4 is 17.3 Å². The average Bonchev–Trinajstić information content (AvgIpc) is 2.53. The Balaban J connectivity index is 1.61. The van der Waals surface area contributed by atoms with Gasteiger partial charge in [-0.05, 0) is 31.4 Å². The Morgan fingerprint density at radius 2 is 1.82 bits per heavy atom. The van der Waals surface area contributed by atoms with E-state index >= 15 is 0 Å². The molecule has 1 heterocycles. The largest absolute Gasteiger partial charge is 0.383 e. The molecule has 7 nitrogen and oxygen atoms in total. The van der Waals surface area contributed by atoms with Crippen LogP contribution in [0.25, 0.3) is 0 Å². The molecule has 120 valence electrons. The maximum atomic E-state index is 11.8. The van der Waals surface area contributed by atoms with Crippen LogP contribution in [-0.2, 0) is 4.79 Å². The summed E-state index contributed by atoms with van der Waals surface area (Å²) < 4.78 is 0. The molecule has 22 heavy (non-hydrogen) atoms. The van der Waals surface area contributed by atoms with Crippen molar-refractivity contribution in [3.63, 3.8) is 0 Å². The van der Waals surface area contributed by atoms with E-state index in [0.717, 1.165) is 18.8 Å². The van der Waals surface area contributed by atoms with E-state index in [0.29, 0.717) is 19.6 Å². The molecular formula is C15H23N4O3+. The Kier molecular flexibility index (Phi) is 6.14. The molecule has 0 unspecified atom stereocenters. The molecule has 1 aromatic rings. The van der Waals surface area contributed by atoms with Crippen LogP contribution in [0.4, 0.5) is 11.4 Å². The van der Waals surface area contributed by atoms with Gasteiger partial charge in [-0.25, -0.2) is 0 Å². The van der Waals surface area contributed by atoms with Crippen molar-refractivity contribution < 1.29 is 14.6 Å². The molecule has 7 heteroatoms. The lowest BCUT2D eigenvalue weighted by atomic mass is 10.1. The number of carbonyl (C=O) groups excluding carboxylic acids is 1. The minimum atomic E-state index is -0.424. The Labute approximate surface area is 129 Å². The second-order valence-corrected chi connectivity index (χ2v) is 5.57. The number of hydrogen-bond acceptors (Lipinski definition) is 4. The topological polar surface area (TPSA) is 88.7 Å². The summed E-state index contributed by atoms with van der Waals surface area (Å²) >= 11 is 0. The lowest BCUT2D eigenvalue weighted by Crippen LogP contribution is -3.13. The van der Waals surface area contributed by atoms with Crippen molar-refractivity contribution in [2.24, 2.45) is 0 Å². The van der Waals surface area contributed by atoms with Crippen molar-refractivity contribution in [3.8, 4) is 0 Å². The van der Waals surface area contributed by atoms with Crippen LogP contribution < -0.4 is 15.5 Å². The van der Waals surface area contributed by atoms with E-state index in [1.807, 2.05) is 0 Å². The highest BCUT2D eigenvalue weighted by Gasteiger charge is 2.16. The fourth-order valence-corrected chi connectivity index (χ4v) is 2.63. The molecule has 0 saturated carbocycles. The van der Waals surface area contributed by atoms with Crippen LogP contribution in [0, 0.1) is 10.1 Å². The van der Waals surface area contributed by atoms with Gasteiger partial charge in [0.25, 0.3) is 11.6 Å². The number of carbonyl (C=O) groups is 1. The van der Waals surface area contributed by atoms with Gasteiger partial charge in [0, 0.05) is 30.9 Å². The number of benzene rings is 1. The molecule has 1 amide bonds. The summed E-state index contributed by atoms with van der Waals surface area (Å²) in [6.45, 7) is 3.88. The first kappa shape index (κ1) is 16.2. The zero-order valence-corrected chi connectivity index (χ0v) is 12.6. The number of non-ortho nitro benzene ring substituents is 1. The van der Waals surface area contributed by atoms with Crippen LogP contribution in [0.15, 0.2) is 24.3 Å². The molecule has 1 saturated heterocycles. The molecule has 1 aromatic carbocycles. The number of piperidine rings is 1. The third kappa shape index (κ3) is 5.33. The SMILES string of the molecule is O=C(C[NH+]1CCCCC1)NCCNc1ccc([N+](=O)[O-])cc1. The smallest absolute Gasteiger partial charge is 0.275 e. The highest BCUT2D eigenvalue weighted by molar-refractivity contribution is 5.76. The van der Waals surface area contributed by atoms with Crippen molar-refractivity contribution in [1.82, 2.24) is 5.32 Å². The normalized spacial score (nSPS) is 15.3. The van der Waals surface area contributed by atoms with Crippen LogP contribution in [-0.4, -0.2) is 43.6 Å². The number of hydrogen-bond donors (Lipinski definition) is 3. The number of nitrogens with zero attached hydrogens (tertiary/aromatic N) is 1. The summed E-state index contributed by atoms with van der Waals surface area (Å²) in [6, 6.07) is 6.25. The summed E-state index contributed by atoms with van der Waals surface area (Å²) in [6.07, 6.45) is 3.71. The zero-order chi connectivity index (χ0) is 15.8. The van der Waals surface area contributed by atoms with Gasteiger partial charge in [0.2, 0.25) is 0 Å². The first-order valence-corrected chi connectivity index (χ1v) is 7.74. The van der Waals surface area contributed by atoms with Crippen LogP contribution >= 0.6 is 0 Å². The summed E-state index contributed by atoms with van der Waals surface area (Å²) in [4.78, 5) is 23.3. The number of quaternary nitrogens is 1. The molecule has 1 fully saturated rings. The summed E-state index contributed by atoms with van der Waals surface area (Å²) in [5.74, 6) is 0.0856. The van der Waals surface area contributed by atoms with E-state index in [-0.39, 0.29) is 11.6 Å². The molecular weight excluding hydrogens is 284 g/mol. The molecule has 0 spiro atoms. The number of nitrogens with one attached hydrogen (secondary N) is 3. The second-order valence-electron chi connectivity index (χ2n) is 5.57. The number of nitro benzene ring substituents is 1. The van der Waals surface area contributed by atoms with Gasteiger partial charge < -0.3 is 15.5 Å². The molecule has 2 rings (SSSR count). The van der Waals surface area contributed by atoms with Gasteiger partial charge in [0.05, 0.1) is 18.0 Å². The highest BCUT2D eigenvalue weighted by atomic mass is 16.6. The molecule has 1 aliphatic rings. The third-order valence-electron chi connectivity index (χ3n) is 3.83. The summed E-state index contributed by atoms with van der Waals surface area (Å²) in [5, 5.41) is 16.6. The van der Waals surface area contributed by atoms with Crippen LogP contribution in [0.3, 0.4) is 0 Å². The molecule has 0 atom stereocenters. The molecule has 3 N–H and O–H groups in total. The second kappa shape index (κ2) is 8.33. The first-order valence-electron chi connectivity index (χ1n) is 7.74. The molecule has 1 aliphatic heterocycles. The van der Waals surface area contributed by atoms with E-state index < -0.39 is 4.92 Å². The number of nitro groups is 1. The molecule has 0 aromatic heterocycles. The van der Waals surface area contributed by atoms with Gasteiger partial charge >= 0.3 is 0 Å². The van der Waals surface area contributed by atoms with Gasteiger partial charge in [0.1, 0.15) is 0 Å². The average molecular weight is 307 g/mol. The number of amides is 1. The quantitative estimate of drug-likeness (QED) is 0.381. The standard InChI is InChI=1S/C15H22N4O3/c20-15(12-18-10-2-1-3-11-18)17-9-8-16-13-4-6-14(7-5-13)19(21)22/h4-7,16H,1-3,8-12H2,(H,17,20)/p+1. The fraction of sp³-hybridized carbons (Fsp3) is 0.533. The van der Waals surface area contributed by atoms with E-state index in [4.69, 9.17) is 0 Å². The lowest BCUT2D eigenvalue weighted by Gasteiger charge is -2.22. The fourth-order valence-electron chi connectivity index (χ4n) is 2.63. The van der Waals surface area contributed by atoms with Crippen molar-refractivity contribution in [2.75, 3.05) is 38.0 Å². The van der Waals surface area contributed by atoms with Crippen molar-refractivity contribution in [1.29, 1.82) is 0 Å². The van der Waals surface area contributed by atoms with Crippen molar-refractivity contribution in [3.05, 3.63) is 34.4 Å². The van der Waals surface area contributed by atoms with E-state index in [9.17, 15) is 14.9 Å². The number of anilines is 1. The Morgan fingerprint density at radius 1 is 1.14 bits per heavy atom. The van der Waals surface area contributed by atoms with Crippen LogP contribution in [0.5, 0.6) is 0 Å². The Bertz CT molecular complexity index is 498. The first-order chi connectivity index (χ1) is 10.6. The minimum absolute atomic E-state index is 0.0726. The minimum Gasteiger partial charge on any atom is -0.383 e. The van der Waals surface area contributed by atoms with E-state index in [2.05, 4.69) is 10.6 Å². The number of likely N-dealkylation sites (tertiary alicyclic amines) is 1. The van der Waals surface area contributed by atoms with Gasteiger partial charge in [-0.15, -0.1) is 0 Å². The third-order valence-corrected chi connectivity index (χ3v) is 3.83. The highest BCUT2D eigenvalue weighted by Crippen LogP contribution is 2.14. The van der Waals surface area contributed by atoms with E-state index in [1.165, 1.54) is 36.3 Å². The van der Waals surface area contributed by atoms with Crippen LogP contribution in [0.2, 0.25) is 0 Å². The molecule has 0 radical (unpaired) electrons. The monoisotopic (exact) mass is 307 g/mol. The van der Waals surface area contributed by atoms with Gasteiger partial charge in [-0.1, -0.05) is 0 Å². The molecule has 0 bridgehead atoms. The molecule has 0 aliphatic carbocycles. The summed E-state index contributed by atoms with van der Waals surface area (Å²) in [7, 11) is 0. The zero-order valence-electron chi connectivity index (χ0n) is 12.6. The Morgan fingerprint density at radius 3 is 2.45 bits per heavy atom. The predicted octanol–water partition coefficient (Wildman–Crippen LogP) is 0.192. The van der Waals surface area contributed by atoms with Gasteiger partial charge in [0.15, 0.2) is 6.54 Å². The van der Waals surface area contributed by atoms with Crippen molar-refractivity contribution in [2.45, 2.75) is 19.3 Å². The van der Waals surface area contributed by atoms with Gasteiger partial charge in [-0.3, -0.25) is 14.9 Å².